The average Bonchev–Trinajstić information content (AvgIpc) is 2.34. The normalized spacial score (nSPS) is 11.2. The highest BCUT2D eigenvalue weighted by molar-refractivity contribution is 6.18. The molecular weight excluding hydrogens is 289 g/mol. The molecule has 1 aromatic carbocycles. The average molecular weight is 297 g/mol. The number of alkyl halides is 4. The van der Waals surface area contributed by atoms with Crippen molar-refractivity contribution in [1.82, 2.24) is 5.32 Å². The van der Waals surface area contributed by atoms with Gasteiger partial charge >= 0.3 is 6.18 Å². The zero-order valence-electron chi connectivity index (χ0n) is 9.33. The topological polar surface area (TPSA) is 72.2 Å². The van der Waals surface area contributed by atoms with Crippen LogP contribution >= 0.6 is 11.6 Å². The molecule has 0 fully saturated rings. The van der Waals surface area contributed by atoms with E-state index in [4.69, 9.17) is 11.6 Å². The van der Waals surface area contributed by atoms with Gasteiger partial charge in [-0.2, -0.15) is 13.2 Å². The number of nitro benzene ring substituents is 1. The van der Waals surface area contributed by atoms with Crippen molar-refractivity contribution >= 4 is 23.2 Å². The Kier molecular flexibility index (Phi) is 4.71. The van der Waals surface area contributed by atoms with Crippen molar-refractivity contribution < 1.29 is 22.9 Å². The van der Waals surface area contributed by atoms with Crippen LogP contribution in [0, 0.1) is 10.1 Å². The summed E-state index contributed by atoms with van der Waals surface area (Å²) in [5, 5.41) is 12.8. The summed E-state index contributed by atoms with van der Waals surface area (Å²) in [6.45, 7) is 0.0461. The predicted molar refractivity (Wildman–Crippen MR) is 61.2 cm³/mol. The number of benzene rings is 1. The molecule has 0 atom stereocenters. The van der Waals surface area contributed by atoms with E-state index in [1.54, 1.807) is 0 Å². The fraction of sp³-hybridized carbons (Fsp3) is 0.300. The second kappa shape index (κ2) is 5.87. The van der Waals surface area contributed by atoms with Gasteiger partial charge in [0.1, 0.15) is 0 Å². The van der Waals surface area contributed by atoms with Crippen LogP contribution < -0.4 is 5.32 Å². The van der Waals surface area contributed by atoms with Gasteiger partial charge < -0.3 is 5.32 Å². The Hall–Kier alpha value is -1.83. The summed E-state index contributed by atoms with van der Waals surface area (Å²) < 4.78 is 37.7. The van der Waals surface area contributed by atoms with Crippen LogP contribution in [0.1, 0.15) is 15.9 Å². The molecule has 0 unspecified atom stereocenters. The summed E-state index contributed by atoms with van der Waals surface area (Å²) in [4.78, 5) is 21.1. The molecule has 5 nitrogen and oxygen atoms in total. The Balaban J connectivity index is 3.21. The van der Waals surface area contributed by atoms with Crippen molar-refractivity contribution in [2.75, 3.05) is 12.4 Å². The summed E-state index contributed by atoms with van der Waals surface area (Å²) in [6.07, 6.45) is -4.77. The van der Waals surface area contributed by atoms with Gasteiger partial charge in [0.15, 0.2) is 0 Å². The molecule has 0 radical (unpaired) electrons. The van der Waals surface area contributed by atoms with Crippen molar-refractivity contribution in [3.63, 3.8) is 0 Å². The van der Waals surface area contributed by atoms with E-state index < -0.39 is 33.8 Å². The highest BCUT2D eigenvalue weighted by atomic mass is 35.5. The monoisotopic (exact) mass is 296 g/mol. The molecule has 0 aromatic heterocycles. The second-order valence-corrected chi connectivity index (χ2v) is 3.85. The maximum atomic E-state index is 12.6. The van der Waals surface area contributed by atoms with E-state index >= 15 is 0 Å². The molecule has 0 aliphatic heterocycles. The number of hydrogen-bond acceptors (Lipinski definition) is 3. The minimum Gasteiger partial charge on any atom is -0.351 e. The highest BCUT2D eigenvalue weighted by Crippen LogP contribution is 2.32. The maximum Gasteiger partial charge on any atom is 0.416 e. The number of nitrogens with zero attached hydrogens (tertiary/aromatic N) is 1. The molecule has 19 heavy (non-hydrogen) atoms. The van der Waals surface area contributed by atoms with Crippen LogP contribution in [0.5, 0.6) is 0 Å². The zero-order chi connectivity index (χ0) is 14.6. The fourth-order valence-corrected chi connectivity index (χ4v) is 1.37. The van der Waals surface area contributed by atoms with E-state index in [-0.39, 0.29) is 12.4 Å². The Morgan fingerprint density at radius 3 is 2.47 bits per heavy atom. The van der Waals surface area contributed by atoms with E-state index in [2.05, 4.69) is 5.32 Å². The van der Waals surface area contributed by atoms with Crippen LogP contribution in [0.3, 0.4) is 0 Å². The molecular formula is C10H8ClF3N2O3. The first kappa shape index (κ1) is 15.2. The lowest BCUT2D eigenvalue weighted by molar-refractivity contribution is -0.385. The van der Waals surface area contributed by atoms with Crippen molar-refractivity contribution in [3.05, 3.63) is 39.4 Å². The number of amides is 1. The molecule has 0 saturated carbocycles. The largest absolute Gasteiger partial charge is 0.416 e. The van der Waals surface area contributed by atoms with Crippen molar-refractivity contribution in [3.8, 4) is 0 Å². The van der Waals surface area contributed by atoms with Crippen molar-refractivity contribution in [1.29, 1.82) is 0 Å². The first-order valence-corrected chi connectivity index (χ1v) is 5.50. The quantitative estimate of drug-likeness (QED) is 0.527. The molecule has 0 heterocycles. The van der Waals surface area contributed by atoms with Crippen LogP contribution in [-0.2, 0) is 6.18 Å². The number of halogens is 4. The Labute approximate surface area is 110 Å². The molecule has 1 amide bonds. The molecule has 9 heteroatoms. The molecule has 1 rings (SSSR count). The van der Waals surface area contributed by atoms with Gasteiger partial charge in [-0.1, -0.05) is 0 Å². The van der Waals surface area contributed by atoms with Crippen LogP contribution in [0.15, 0.2) is 18.2 Å². The fourth-order valence-electron chi connectivity index (χ4n) is 1.27. The van der Waals surface area contributed by atoms with Gasteiger partial charge in [-0.05, 0) is 6.07 Å². The SMILES string of the molecule is O=C(NCCCl)c1cc([N+](=O)[O-])cc(C(F)(F)F)c1. The summed E-state index contributed by atoms with van der Waals surface area (Å²) in [5.74, 6) is -0.776. The molecule has 0 aliphatic rings. The van der Waals surface area contributed by atoms with Crippen LogP contribution in [0.4, 0.5) is 18.9 Å². The van der Waals surface area contributed by atoms with Gasteiger partial charge in [0.2, 0.25) is 0 Å². The van der Waals surface area contributed by atoms with Crippen molar-refractivity contribution in [2.45, 2.75) is 6.18 Å². The minimum atomic E-state index is -4.77. The second-order valence-electron chi connectivity index (χ2n) is 3.47. The molecule has 0 bridgehead atoms. The molecule has 0 aliphatic carbocycles. The minimum absolute atomic E-state index is 0.0461. The number of nitrogens with one attached hydrogen (secondary N) is 1. The van der Waals surface area contributed by atoms with Crippen LogP contribution in [0.25, 0.3) is 0 Å². The molecule has 0 spiro atoms. The Morgan fingerprint density at radius 1 is 1.37 bits per heavy atom. The molecule has 1 aromatic rings. The number of nitro groups is 1. The van der Waals surface area contributed by atoms with E-state index in [1.165, 1.54) is 0 Å². The third-order valence-corrected chi connectivity index (χ3v) is 2.29. The van der Waals surface area contributed by atoms with E-state index in [1.807, 2.05) is 0 Å². The maximum absolute atomic E-state index is 12.6. The first-order valence-electron chi connectivity index (χ1n) is 4.96. The summed E-state index contributed by atoms with van der Waals surface area (Å²) in [5.41, 5.74) is -2.49. The van der Waals surface area contributed by atoms with Crippen LogP contribution in [-0.4, -0.2) is 23.3 Å². The lowest BCUT2D eigenvalue weighted by atomic mass is 10.1. The summed E-state index contributed by atoms with van der Waals surface area (Å²) in [6, 6.07) is 1.70. The van der Waals surface area contributed by atoms with Gasteiger partial charge in [-0.3, -0.25) is 14.9 Å². The summed E-state index contributed by atoms with van der Waals surface area (Å²) >= 11 is 5.32. The standard InChI is InChI=1S/C10H8ClF3N2O3/c11-1-2-15-9(17)6-3-7(10(12,13)14)5-8(4-6)16(18)19/h3-5H,1-2H2,(H,15,17). The van der Waals surface area contributed by atoms with Gasteiger partial charge in [-0.25, -0.2) is 0 Å². The predicted octanol–water partition coefficient (Wildman–Crippen LogP) is 2.58. The number of rotatable bonds is 4. The van der Waals surface area contributed by atoms with Crippen LogP contribution in [0.2, 0.25) is 0 Å². The van der Waals surface area contributed by atoms with E-state index in [0.29, 0.717) is 12.1 Å². The smallest absolute Gasteiger partial charge is 0.351 e. The Bertz CT molecular complexity index is 505. The third kappa shape index (κ3) is 4.09. The number of hydrogen-bond donors (Lipinski definition) is 1. The van der Waals surface area contributed by atoms with Gasteiger partial charge in [0.05, 0.1) is 10.5 Å². The number of carbonyl (C=O) groups excluding carboxylic acids is 1. The van der Waals surface area contributed by atoms with E-state index in [9.17, 15) is 28.1 Å². The van der Waals surface area contributed by atoms with Gasteiger partial charge in [0.25, 0.3) is 11.6 Å². The lowest BCUT2D eigenvalue weighted by Gasteiger charge is -2.09. The zero-order valence-corrected chi connectivity index (χ0v) is 10.1. The Morgan fingerprint density at radius 2 is 2.00 bits per heavy atom. The third-order valence-electron chi connectivity index (χ3n) is 2.10. The van der Waals surface area contributed by atoms with Crippen molar-refractivity contribution in [2.24, 2.45) is 0 Å². The molecule has 0 saturated heterocycles. The summed E-state index contributed by atoms with van der Waals surface area (Å²) in [7, 11) is 0. The van der Waals surface area contributed by atoms with Gasteiger partial charge in [0, 0.05) is 30.1 Å². The first-order chi connectivity index (χ1) is 8.75. The number of carbonyl (C=O) groups is 1. The van der Waals surface area contributed by atoms with E-state index in [0.717, 1.165) is 6.07 Å². The number of non-ortho nitro benzene ring substituents is 1. The van der Waals surface area contributed by atoms with Gasteiger partial charge in [-0.15, -0.1) is 11.6 Å². The molecule has 104 valence electrons. The molecule has 1 N–H and O–H groups in total. The highest BCUT2D eigenvalue weighted by Gasteiger charge is 2.33. The lowest BCUT2D eigenvalue weighted by Crippen LogP contribution is -2.25.